The zero-order valence-corrected chi connectivity index (χ0v) is 6.52. The molecule has 54 valence electrons. The van der Waals surface area contributed by atoms with Gasteiger partial charge in [0.15, 0.2) is 0 Å². The van der Waals surface area contributed by atoms with E-state index in [0.717, 1.165) is 5.57 Å². The number of dihydropyridines is 1. The average molecular weight is 135 g/mol. The van der Waals surface area contributed by atoms with Crippen LogP contribution in [0.15, 0.2) is 36.2 Å². The molecule has 0 bridgehead atoms. The van der Waals surface area contributed by atoms with Crippen molar-refractivity contribution in [3.63, 3.8) is 0 Å². The molecule has 1 N–H and O–H groups in total. The minimum atomic E-state index is 0.560. The molecule has 0 unspecified atom stereocenters. The normalized spacial score (nSPS) is 17.1. The molecule has 1 heterocycles. The van der Waals surface area contributed by atoms with Crippen LogP contribution < -0.4 is 5.32 Å². The number of hydrogen-bond donors (Lipinski definition) is 1. The Labute approximate surface area is 62.1 Å². The van der Waals surface area contributed by atoms with Gasteiger partial charge in [-0.2, -0.15) is 0 Å². The van der Waals surface area contributed by atoms with Crippen molar-refractivity contribution in [1.29, 1.82) is 0 Å². The summed E-state index contributed by atoms with van der Waals surface area (Å²) in [5.41, 5.74) is 2.41. The quantitative estimate of drug-likeness (QED) is 0.581. The maximum atomic E-state index is 3.92. The Kier molecular flexibility index (Phi) is 1.95. The van der Waals surface area contributed by atoms with Crippen molar-refractivity contribution in [2.45, 2.75) is 13.8 Å². The Balaban J connectivity index is 2.76. The summed E-state index contributed by atoms with van der Waals surface area (Å²) in [4.78, 5) is 0. The molecule has 0 saturated carbocycles. The van der Waals surface area contributed by atoms with Crippen LogP contribution in [0.1, 0.15) is 13.8 Å². The van der Waals surface area contributed by atoms with Gasteiger partial charge in [-0.25, -0.2) is 0 Å². The second-order valence-electron chi connectivity index (χ2n) is 2.78. The van der Waals surface area contributed by atoms with Crippen LogP contribution in [0.25, 0.3) is 0 Å². The van der Waals surface area contributed by atoms with Gasteiger partial charge in [-0.15, -0.1) is 0 Å². The molecule has 0 amide bonds. The molecular formula is C9H13N. The fourth-order valence-corrected chi connectivity index (χ4v) is 1.01. The van der Waals surface area contributed by atoms with Gasteiger partial charge < -0.3 is 5.32 Å². The zero-order valence-electron chi connectivity index (χ0n) is 6.52. The lowest BCUT2D eigenvalue weighted by Gasteiger charge is -2.14. The summed E-state index contributed by atoms with van der Waals surface area (Å²) in [6, 6.07) is 0. The number of hydrogen-bond acceptors (Lipinski definition) is 1. The van der Waals surface area contributed by atoms with Crippen LogP contribution in [0.5, 0.6) is 0 Å². The van der Waals surface area contributed by atoms with E-state index < -0.39 is 0 Å². The maximum Gasteiger partial charge on any atom is 0.00452 e. The summed E-state index contributed by atoms with van der Waals surface area (Å²) in [7, 11) is 0. The van der Waals surface area contributed by atoms with Gasteiger partial charge in [-0.3, -0.25) is 0 Å². The highest BCUT2D eigenvalue weighted by Gasteiger charge is 2.06. The molecular weight excluding hydrogens is 122 g/mol. The predicted molar refractivity (Wildman–Crippen MR) is 44.3 cm³/mol. The lowest BCUT2D eigenvalue weighted by Crippen LogP contribution is -2.06. The molecule has 0 spiro atoms. The van der Waals surface area contributed by atoms with Gasteiger partial charge >= 0.3 is 0 Å². The smallest absolute Gasteiger partial charge is 0.00452 e. The first-order chi connectivity index (χ1) is 4.72. The lowest BCUT2D eigenvalue weighted by atomic mass is 9.96. The summed E-state index contributed by atoms with van der Waals surface area (Å²) in [6.45, 7) is 8.25. The second-order valence-corrected chi connectivity index (χ2v) is 2.78. The van der Waals surface area contributed by atoms with E-state index >= 15 is 0 Å². The summed E-state index contributed by atoms with van der Waals surface area (Å²) >= 11 is 0. The molecule has 0 aromatic carbocycles. The number of nitrogens with one attached hydrogen (secondary N) is 1. The van der Waals surface area contributed by atoms with Gasteiger partial charge in [0, 0.05) is 12.4 Å². The molecule has 0 aromatic heterocycles. The van der Waals surface area contributed by atoms with E-state index in [9.17, 15) is 0 Å². The van der Waals surface area contributed by atoms with Crippen molar-refractivity contribution in [1.82, 2.24) is 5.32 Å². The SMILES string of the molecule is C=C1C=CNC=C1C(C)C. The van der Waals surface area contributed by atoms with Gasteiger partial charge in [-0.05, 0) is 23.1 Å². The third-order valence-corrected chi connectivity index (χ3v) is 1.61. The minimum absolute atomic E-state index is 0.560. The Bertz CT molecular complexity index is 197. The van der Waals surface area contributed by atoms with Gasteiger partial charge in [0.05, 0.1) is 0 Å². The van der Waals surface area contributed by atoms with Crippen LogP contribution in [-0.2, 0) is 0 Å². The van der Waals surface area contributed by atoms with Crippen LogP contribution in [-0.4, -0.2) is 0 Å². The van der Waals surface area contributed by atoms with Crippen molar-refractivity contribution in [2.24, 2.45) is 5.92 Å². The molecule has 0 atom stereocenters. The molecule has 1 aliphatic rings. The largest absolute Gasteiger partial charge is 0.367 e. The van der Waals surface area contributed by atoms with Crippen LogP contribution in [0, 0.1) is 5.92 Å². The summed E-state index contributed by atoms with van der Waals surface area (Å²) in [6.07, 6.45) is 5.90. The molecule has 0 saturated heterocycles. The molecule has 1 aliphatic heterocycles. The Morgan fingerprint density at radius 3 is 2.60 bits per heavy atom. The predicted octanol–water partition coefficient (Wildman–Crippen LogP) is 2.20. The summed E-state index contributed by atoms with van der Waals surface area (Å²) in [5.74, 6) is 0.560. The second kappa shape index (κ2) is 2.74. The number of rotatable bonds is 1. The fourth-order valence-electron chi connectivity index (χ4n) is 1.01. The number of allylic oxidation sites excluding steroid dienone is 3. The molecule has 1 heteroatoms. The van der Waals surface area contributed by atoms with Crippen LogP contribution in [0.4, 0.5) is 0 Å². The first-order valence-electron chi connectivity index (χ1n) is 3.53. The molecule has 0 radical (unpaired) electrons. The van der Waals surface area contributed by atoms with Gasteiger partial charge in [0.25, 0.3) is 0 Å². The van der Waals surface area contributed by atoms with E-state index in [1.807, 2.05) is 18.5 Å². The van der Waals surface area contributed by atoms with Crippen LogP contribution in [0.2, 0.25) is 0 Å². The summed E-state index contributed by atoms with van der Waals surface area (Å²) < 4.78 is 0. The Morgan fingerprint density at radius 1 is 1.50 bits per heavy atom. The van der Waals surface area contributed by atoms with Crippen molar-refractivity contribution in [3.8, 4) is 0 Å². The minimum Gasteiger partial charge on any atom is -0.367 e. The first kappa shape index (κ1) is 7.13. The van der Waals surface area contributed by atoms with E-state index in [1.165, 1.54) is 5.57 Å². The molecule has 10 heavy (non-hydrogen) atoms. The highest BCUT2D eigenvalue weighted by Crippen LogP contribution is 2.19. The van der Waals surface area contributed by atoms with Gasteiger partial charge in [0.2, 0.25) is 0 Å². The third-order valence-electron chi connectivity index (χ3n) is 1.61. The summed E-state index contributed by atoms with van der Waals surface area (Å²) in [5, 5.41) is 3.04. The van der Waals surface area contributed by atoms with E-state index in [1.54, 1.807) is 0 Å². The Hall–Kier alpha value is -0.980. The zero-order chi connectivity index (χ0) is 7.56. The maximum absolute atomic E-state index is 3.92. The van der Waals surface area contributed by atoms with Crippen molar-refractivity contribution < 1.29 is 0 Å². The van der Waals surface area contributed by atoms with Gasteiger partial charge in [-0.1, -0.05) is 20.4 Å². The fraction of sp³-hybridized carbons (Fsp3) is 0.333. The van der Waals surface area contributed by atoms with E-state index in [2.05, 4.69) is 25.7 Å². The van der Waals surface area contributed by atoms with E-state index in [-0.39, 0.29) is 0 Å². The molecule has 0 aliphatic carbocycles. The standard InChI is InChI=1S/C9H13N/c1-7(2)9-6-10-5-4-8(9)3/h4-7,10H,3H2,1-2H3. The third kappa shape index (κ3) is 1.29. The Morgan fingerprint density at radius 2 is 2.20 bits per heavy atom. The monoisotopic (exact) mass is 135 g/mol. The molecule has 1 nitrogen and oxygen atoms in total. The van der Waals surface area contributed by atoms with Gasteiger partial charge in [0.1, 0.15) is 0 Å². The topological polar surface area (TPSA) is 12.0 Å². The van der Waals surface area contributed by atoms with Crippen molar-refractivity contribution >= 4 is 0 Å². The lowest BCUT2D eigenvalue weighted by molar-refractivity contribution is 0.770. The molecule has 1 rings (SSSR count). The van der Waals surface area contributed by atoms with Crippen LogP contribution >= 0.6 is 0 Å². The van der Waals surface area contributed by atoms with Crippen LogP contribution in [0.3, 0.4) is 0 Å². The van der Waals surface area contributed by atoms with E-state index in [0.29, 0.717) is 5.92 Å². The van der Waals surface area contributed by atoms with Crippen molar-refractivity contribution in [3.05, 3.63) is 36.2 Å². The van der Waals surface area contributed by atoms with Crippen molar-refractivity contribution in [2.75, 3.05) is 0 Å². The highest BCUT2D eigenvalue weighted by atomic mass is 14.8. The molecule has 0 aromatic rings. The molecule has 0 fully saturated rings. The highest BCUT2D eigenvalue weighted by molar-refractivity contribution is 5.40. The average Bonchev–Trinajstić information content (AvgIpc) is 1.88. The first-order valence-corrected chi connectivity index (χ1v) is 3.53. The van der Waals surface area contributed by atoms with E-state index in [4.69, 9.17) is 0 Å².